The fraction of sp³-hybridized carbons (Fsp3) is 0.699. The van der Waals surface area contributed by atoms with Gasteiger partial charge >= 0.3 is 19.8 Å². The molecule has 476 valence electrons. The van der Waals surface area contributed by atoms with Crippen molar-refractivity contribution in [3.05, 3.63) is 122 Å². The Morgan fingerprint density at radius 1 is 0.361 bits per heavy atom. The Bertz CT molecular complexity index is 1770. The second-order valence-electron chi connectivity index (χ2n) is 22.3. The summed E-state index contributed by atoms with van der Waals surface area (Å²) in [6, 6.07) is 0. The number of rotatable bonds is 63. The molecule has 0 heterocycles. The molecule has 0 aliphatic carbocycles. The van der Waals surface area contributed by atoms with Gasteiger partial charge in [0.1, 0.15) is 6.61 Å². The zero-order chi connectivity index (χ0) is 60.1. The van der Waals surface area contributed by atoms with Crippen LogP contribution in [-0.4, -0.2) is 49.3 Å². The molecule has 0 aromatic rings. The number of hydrogen-bond acceptors (Lipinski definition) is 8. The highest BCUT2D eigenvalue weighted by Gasteiger charge is 2.26. The van der Waals surface area contributed by atoms with Crippen molar-refractivity contribution in [2.75, 3.05) is 26.4 Å². The fourth-order valence-corrected chi connectivity index (χ4v) is 10.2. The molecule has 0 aliphatic rings. The van der Waals surface area contributed by atoms with Gasteiger partial charge in [-0.1, -0.05) is 302 Å². The van der Waals surface area contributed by atoms with Gasteiger partial charge in [0.2, 0.25) is 0 Å². The number of allylic oxidation sites excluding steroid dienone is 20. The van der Waals surface area contributed by atoms with Gasteiger partial charge in [0.15, 0.2) is 6.10 Å². The van der Waals surface area contributed by atoms with Crippen LogP contribution in [0.5, 0.6) is 0 Å². The number of phosphoric acid groups is 1. The minimum atomic E-state index is -4.40. The number of phosphoric ester groups is 1. The minimum absolute atomic E-state index is 0.0499. The zero-order valence-electron chi connectivity index (χ0n) is 53.4. The van der Waals surface area contributed by atoms with Crippen molar-refractivity contribution in [2.24, 2.45) is 5.73 Å². The van der Waals surface area contributed by atoms with E-state index < -0.39 is 26.5 Å². The maximum absolute atomic E-state index is 12.8. The van der Waals surface area contributed by atoms with Crippen molar-refractivity contribution in [1.82, 2.24) is 0 Å². The van der Waals surface area contributed by atoms with Crippen LogP contribution in [-0.2, 0) is 32.7 Å². The number of ether oxygens (including phenoxy) is 2. The molecular formula is C73H126NO8P. The number of hydrogen-bond donors (Lipinski definition) is 2. The van der Waals surface area contributed by atoms with Crippen molar-refractivity contribution < 1.29 is 37.6 Å². The maximum atomic E-state index is 12.8. The van der Waals surface area contributed by atoms with Crippen LogP contribution in [0.25, 0.3) is 0 Å². The first-order valence-electron chi connectivity index (χ1n) is 34.0. The first-order valence-corrected chi connectivity index (χ1v) is 35.5. The normalized spacial score (nSPS) is 13.7. The van der Waals surface area contributed by atoms with E-state index in [1.807, 2.05) is 0 Å². The molecule has 0 bridgehead atoms. The van der Waals surface area contributed by atoms with Crippen molar-refractivity contribution in [1.29, 1.82) is 0 Å². The molecule has 0 aliphatic heterocycles. The van der Waals surface area contributed by atoms with Crippen LogP contribution in [0.15, 0.2) is 122 Å². The van der Waals surface area contributed by atoms with Gasteiger partial charge in [0.25, 0.3) is 0 Å². The molecule has 10 heteroatoms. The van der Waals surface area contributed by atoms with E-state index >= 15 is 0 Å². The molecule has 9 nitrogen and oxygen atoms in total. The molecule has 2 unspecified atom stereocenters. The fourth-order valence-electron chi connectivity index (χ4n) is 9.40. The van der Waals surface area contributed by atoms with Crippen molar-refractivity contribution >= 4 is 19.8 Å². The Hall–Kier alpha value is -3.59. The van der Waals surface area contributed by atoms with Crippen molar-refractivity contribution in [3.63, 3.8) is 0 Å². The summed E-state index contributed by atoms with van der Waals surface area (Å²) in [6.07, 6.45) is 94.3. The third kappa shape index (κ3) is 67.4. The lowest BCUT2D eigenvalue weighted by molar-refractivity contribution is -0.161. The van der Waals surface area contributed by atoms with Crippen molar-refractivity contribution in [3.8, 4) is 0 Å². The van der Waals surface area contributed by atoms with E-state index in [2.05, 4.69) is 135 Å². The van der Waals surface area contributed by atoms with Gasteiger partial charge in [-0.05, 0) is 103 Å². The summed E-state index contributed by atoms with van der Waals surface area (Å²) in [5.41, 5.74) is 5.40. The summed E-state index contributed by atoms with van der Waals surface area (Å²) in [6.45, 7) is 3.54. The Morgan fingerprint density at radius 3 is 0.928 bits per heavy atom. The van der Waals surface area contributed by atoms with Gasteiger partial charge in [0, 0.05) is 19.4 Å². The first kappa shape index (κ1) is 79.4. The topological polar surface area (TPSA) is 134 Å². The molecule has 0 amide bonds. The van der Waals surface area contributed by atoms with Gasteiger partial charge in [-0.15, -0.1) is 0 Å². The van der Waals surface area contributed by atoms with E-state index in [1.165, 1.54) is 161 Å². The molecule has 0 saturated heterocycles. The lowest BCUT2D eigenvalue weighted by Gasteiger charge is -2.19. The second-order valence-corrected chi connectivity index (χ2v) is 23.7. The van der Waals surface area contributed by atoms with E-state index in [9.17, 15) is 19.0 Å². The van der Waals surface area contributed by atoms with Gasteiger partial charge in [0.05, 0.1) is 13.2 Å². The Morgan fingerprint density at radius 2 is 0.627 bits per heavy atom. The average Bonchev–Trinajstić information content (AvgIpc) is 3.49. The molecule has 3 N–H and O–H groups in total. The summed E-state index contributed by atoms with van der Waals surface area (Å²) in [7, 11) is -4.40. The highest BCUT2D eigenvalue weighted by atomic mass is 31.2. The van der Waals surface area contributed by atoms with Crippen LogP contribution in [0.1, 0.15) is 296 Å². The van der Waals surface area contributed by atoms with Crippen LogP contribution in [0.4, 0.5) is 0 Å². The zero-order valence-corrected chi connectivity index (χ0v) is 54.3. The predicted molar refractivity (Wildman–Crippen MR) is 358 cm³/mol. The van der Waals surface area contributed by atoms with Crippen molar-refractivity contribution in [2.45, 2.75) is 302 Å². The number of esters is 2. The maximum Gasteiger partial charge on any atom is 0.472 e. The first-order chi connectivity index (χ1) is 40.8. The third-order valence-electron chi connectivity index (χ3n) is 14.3. The number of nitrogens with two attached hydrogens (primary N) is 1. The summed E-state index contributed by atoms with van der Waals surface area (Å²) in [5.74, 6) is -0.825. The standard InChI is InChI=1S/C73H126NO8P/c1-3-5-7-9-11-13-15-17-19-21-23-25-27-29-30-31-32-33-34-35-36-37-38-39-40-42-44-46-48-50-52-54-56-58-60-62-64-66-73(76)82-71(70-81-83(77,78)80-68-67-74)69-79-72(75)65-63-61-59-57-55-53-51-49-47-45-43-41-28-26-24-22-20-18-16-14-12-10-8-6-4-2/h5-8,11-14,17-20,23-26,29-30,32-33,71H,3-4,9-10,15-16,21-22,27-28,31,34-70,74H2,1-2H3,(H,77,78)/b7-5-,8-6-,13-11-,14-12-,19-17-,20-18-,25-23-,26-24-,30-29-,33-32-. The summed E-state index contributed by atoms with van der Waals surface area (Å²) in [5, 5.41) is 0. The van der Waals surface area contributed by atoms with E-state index in [1.54, 1.807) is 0 Å². The van der Waals surface area contributed by atoms with E-state index in [0.717, 1.165) is 103 Å². The quantitative estimate of drug-likeness (QED) is 0.0264. The average molecular weight is 1180 g/mol. The number of unbranched alkanes of at least 4 members (excludes halogenated alkanes) is 30. The van der Waals surface area contributed by atoms with Crippen LogP contribution < -0.4 is 5.73 Å². The van der Waals surface area contributed by atoms with Crippen LogP contribution in [0.2, 0.25) is 0 Å². The van der Waals surface area contributed by atoms with Gasteiger partial charge in [-0.3, -0.25) is 18.6 Å². The molecule has 0 aromatic heterocycles. The molecule has 2 atom stereocenters. The molecule has 0 aromatic carbocycles. The SMILES string of the molecule is CC/C=C\C/C=C\C/C=C\C/C=C\C/C=C\C/C=C\CCCCCCCCCCCCCCCCCCCCC(=O)OC(COC(=O)CCCCCCCCCCCCCC/C=C\C/C=C\C/C=C\C/C=C\CC)COP(=O)(O)OCCN. The van der Waals surface area contributed by atoms with Crippen LogP contribution in [0.3, 0.4) is 0 Å². The smallest absolute Gasteiger partial charge is 0.462 e. The third-order valence-corrected chi connectivity index (χ3v) is 15.3. The van der Waals surface area contributed by atoms with Gasteiger partial charge in [-0.25, -0.2) is 4.57 Å². The monoisotopic (exact) mass is 1180 g/mol. The lowest BCUT2D eigenvalue weighted by Crippen LogP contribution is -2.29. The van der Waals surface area contributed by atoms with Crippen LogP contribution >= 0.6 is 7.82 Å². The number of carbonyl (C=O) groups is 2. The highest BCUT2D eigenvalue weighted by Crippen LogP contribution is 2.43. The van der Waals surface area contributed by atoms with Gasteiger partial charge < -0.3 is 20.1 Å². The largest absolute Gasteiger partial charge is 0.472 e. The Balaban J connectivity index is 3.88. The molecular weight excluding hydrogens is 1050 g/mol. The lowest BCUT2D eigenvalue weighted by atomic mass is 10.0. The van der Waals surface area contributed by atoms with E-state index in [0.29, 0.717) is 6.42 Å². The van der Waals surface area contributed by atoms with E-state index in [4.69, 9.17) is 24.3 Å². The summed E-state index contributed by atoms with van der Waals surface area (Å²) >= 11 is 0. The predicted octanol–water partition coefficient (Wildman–Crippen LogP) is 22.3. The minimum Gasteiger partial charge on any atom is -0.462 e. The molecule has 0 rings (SSSR count). The van der Waals surface area contributed by atoms with E-state index in [-0.39, 0.29) is 38.6 Å². The van der Waals surface area contributed by atoms with Crippen LogP contribution in [0, 0.1) is 0 Å². The summed E-state index contributed by atoms with van der Waals surface area (Å²) in [4.78, 5) is 35.3. The molecule has 0 spiro atoms. The molecule has 0 saturated carbocycles. The molecule has 0 radical (unpaired) electrons. The molecule has 0 fully saturated rings. The summed E-state index contributed by atoms with van der Waals surface area (Å²) < 4.78 is 33.2. The highest BCUT2D eigenvalue weighted by molar-refractivity contribution is 7.47. The molecule has 83 heavy (non-hydrogen) atoms. The second kappa shape index (κ2) is 67.5. The Labute approximate surface area is 511 Å². The Kier molecular flexibility index (Phi) is 64.6. The number of carbonyl (C=O) groups excluding carboxylic acids is 2. The van der Waals surface area contributed by atoms with Gasteiger partial charge in [-0.2, -0.15) is 0 Å².